The average molecular weight is 288 g/mol. The molecule has 0 aromatic carbocycles. The first-order chi connectivity index (χ1) is 9.92. The van der Waals surface area contributed by atoms with Gasteiger partial charge in [-0.15, -0.1) is 0 Å². The normalized spacial score (nSPS) is 11.0. The van der Waals surface area contributed by atoms with Crippen molar-refractivity contribution in [3.63, 3.8) is 0 Å². The Morgan fingerprint density at radius 1 is 1.48 bits per heavy atom. The Balaban J connectivity index is 2.56. The van der Waals surface area contributed by atoms with Crippen molar-refractivity contribution in [2.75, 3.05) is 13.1 Å². The number of nitriles is 1. The van der Waals surface area contributed by atoms with Crippen molar-refractivity contribution in [2.45, 2.75) is 45.7 Å². The van der Waals surface area contributed by atoms with Crippen LogP contribution in [-0.2, 0) is 11.3 Å². The third-order valence-corrected chi connectivity index (χ3v) is 2.94. The third kappa shape index (κ3) is 7.42. The molecule has 5 nitrogen and oxygen atoms in total. The first kappa shape index (κ1) is 17.1. The van der Waals surface area contributed by atoms with Crippen molar-refractivity contribution in [1.29, 1.82) is 5.26 Å². The van der Waals surface area contributed by atoms with Crippen molar-refractivity contribution < 1.29 is 4.79 Å². The Morgan fingerprint density at radius 3 is 2.81 bits per heavy atom. The van der Waals surface area contributed by atoms with E-state index in [0.717, 1.165) is 5.56 Å². The zero-order valence-electron chi connectivity index (χ0n) is 13.1. The molecule has 0 spiro atoms. The molecule has 114 valence electrons. The minimum Gasteiger partial charge on any atom is -0.337 e. The van der Waals surface area contributed by atoms with Gasteiger partial charge in [0, 0.05) is 44.0 Å². The molecule has 1 aromatic rings. The predicted molar refractivity (Wildman–Crippen MR) is 82.3 cm³/mol. The van der Waals surface area contributed by atoms with Crippen molar-refractivity contribution >= 4 is 5.91 Å². The summed E-state index contributed by atoms with van der Waals surface area (Å²) < 4.78 is 0. The summed E-state index contributed by atoms with van der Waals surface area (Å²) in [5, 5.41) is 12.0. The van der Waals surface area contributed by atoms with Gasteiger partial charge in [0.05, 0.1) is 12.5 Å². The predicted octanol–water partition coefficient (Wildman–Crippen LogP) is 2.10. The number of pyridine rings is 1. The lowest BCUT2D eigenvalue weighted by Gasteiger charge is -2.24. The first-order valence-corrected chi connectivity index (χ1v) is 7.21. The molecule has 0 radical (unpaired) electrons. The zero-order valence-corrected chi connectivity index (χ0v) is 13.1. The van der Waals surface area contributed by atoms with Gasteiger partial charge in [-0.2, -0.15) is 5.26 Å². The topological polar surface area (TPSA) is 69.0 Å². The van der Waals surface area contributed by atoms with Gasteiger partial charge in [0.2, 0.25) is 5.91 Å². The summed E-state index contributed by atoms with van der Waals surface area (Å²) in [6.45, 7) is 7.81. The second-order valence-electron chi connectivity index (χ2n) is 6.01. The summed E-state index contributed by atoms with van der Waals surface area (Å²) in [6, 6.07) is 5.88. The molecular formula is C16H24N4O. The Morgan fingerprint density at radius 2 is 2.24 bits per heavy atom. The molecule has 0 saturated heterocycles. The van der Waals surface area contributed by atoms with E-state index in [4.69, 9.17) is 5.26 Å². The average Bonchev–Trinajstić information content (AvgIpc) is 2.43. The molecule has 1 amide bonds. The van der Waals surface area contributed by atoms with Crippen LogP contribution in [0.25, 0.3) is 0 Å². The smallest absolute Gasteiger partial charge is 0.224 e. The maximum atomic E-state index is 12.3. The number of aromatic nitrogens is 1. The van der Waals surface area contributed by atoms with E-state index >= 15 is 0 Å². The van der Waals surface area contributed by atoms with Crippen molar-refractivity contribution in [1.82, 2.24) is 15.2 Å². The maximum absolute atomic E-state index is 12.3. The van der Waals surface area contributed by atoms with Crippen molar-refractivity contribution in [2.24, 2.45) is 0 Å². The van der Waals surface area contributed by atoms with E-state index in [0.29, 0.717) is 32.5 Å². The minimum atomic E-state index is 0.00111. The van der Waals surface area contributed by atoms with Crippen LogP contribution in [0.3, 0.4) is 0 Å². The summed E-state index contributed by atoms with van der Waals surface area (Å²) in [4.78, 5) is 18.1. The van der Waals surface area contributed by atoms with Crippen LogP contribution >= 0.6 is 0 Å². The van der Waals surface area contributed by atoms with E-state index in [1.807, 2.05) is 12.1 Å². The summed E-state index contributed by atoms with van der Waals surface area (Å²) in [7, 11) is 0. The third-order valence-electron chi connectivity index (χ3n) is 2.94. The van der Waals surface area contributed by atoms with E-state index in [2.05, 4.69) is 37.1 Å². The van der Waals surface area contributed by atoms with Gasteiger partial charge in [0.1, 0.15) is 0 Å². The maximum Gasteiger partial charge on any atom is 0.224 e. The fourth-order valence-electron chi connectivity index (χ4n) is 1.89. The lowest BCUT2D eigenvalue weighted by molar-refractivity contribution is -0.131. The second-order valence-corrected chi connectivity index (χ2v) is 6.01. The lowest BCUT2D eigenvalue weighted by Crippen LogP contribution is -2.39. The SMILES string of the molecule is CC(C)(C)NCCC(=O)N(CCC#N)Cc1cccnc1. The van der Waals surface area contributed by atoms with Gasteiger partial charge in [-0.3, -0.25) is 9.78 Å². The number of hydrogen-bond donors (Lipinski definition) is 1. The molecule has 1 heterocycles. The van der Waals surface area contributed by atoms with Gasteiger partial charge in [-0.05, 0) is 32.4 Å². The zero-order chi connectivity index (χ0) is 15.7. The van der Waals surface area contributed by atoms with Gasteiger partial charge < -0.3 is 10.2 Å². The molecule has 0 aliphatic heterocycles. The van der Waals surface area contributed by atoms with Gasteiger partial charge in [-0.1, -0.05) is 6.07 Å². The number of nitrogens with one attached hydrogen (secondary N) is 1. The molecule has 0 bridgehead atoms. The second kappa shape index (κ2) is 8.38. The molecule has 0 unspecified atom stereocenters. The van der Waals surface area contributed by atoms with Crippen molar-refractivity contribution in [3.05, 3.63) is 30.1 Å². The van der Waals surface area contributed by atoms with Gasteiger partial charge in [0.25, 0.3) is 0 Å². The van der Waals surface area contributed by atoms with Crippen LogP contribution in [0.4, 0.5) is 0 Å². The van der Waals surface area contributed by atoms with Crippen LogP contribution in [0.15, 0.2) is 24.5 Å². The highest BCUT2D eigenvalue weighted by atomic mass is 16.2. The highest BCUT2D eigenvalue weighted by molar-refractivity contribution is 5.76. The standard InChI is InChI=1S/C16H24N4O/c1-16(2,3)19-10-7-15(21)20(11-5-8-17)13-14-6-4-9-18-12-14/h4,6,9,12,19H,5,7,10-11,13H2,1-3H3. The van der Waals surface area contributed by atoms with E-state index in [1.54, 1.807) is 17.3 Å². The Bertz CT molecular complexity index is 473. The van der Waals surface area contributed by atoms with Crippen LogP contribution in [0.1, 0.15) is 39.2 Å². The highest BCUT2D eigenvalue weighted by Crippen LogP contribution is 2.06. The number of nitrogens with zero attached hydrogens (tertiary/aromatic N) is 3. The fraction of sp³-hybridized carbons (Fsp3) is 0.562. The summed E-state index contributed by atoms with van der Waals surface area (Å²) >= 11 is 0. The van der Waals surface area contributed by atoms with Gasteiger partial charge in [-0.25, -0.2) is 0 Å². The largest absolute Gasteiger partial charge is 0.337 e. The number of carbonyl (C=O) groups is 1. The van der Waals surface area contributed by atoms with Crippen LogP contribution in [0, 0.1) is 11.3 Å². The molecule has 1 rings (SSSR count). The number of amides is 1. The van der Waals surface area contributed by atoms with Crippen LogP contribution < -0.4 is 5.32 Å². The molecule has 0 aliphatic rings. The highest BCUT2D eigenvalue weighted by Gasteiger charge is 2.15. The minimum absolute atomic E-state index is 0.00111. The van der Waals surface area contributed by atoms with E-state index in [1.165, 1.54) is 0 Å². The van der Waals surface area contributed by atoms with Crippen LogP contribution in [0.2, 0.25) is 0 Å². The summed E-state index contributed by atoms with van der Waals surface area (Å²) in [5.74, 6) is 0.0610. The van der Waals surface area contributed by atoms with Gasteiger partial charge in [0.15, 0.2) is 0 Å². The molecule has 21 heavy (non-hydrogen) atoms. The van der Waals surface area contributed by atoms with E-state index in [9.17, 15) is 4.79 Å². The number of rotatable bonds is 7. The lowest BCUT2D eigenvalue weighted by atomic mass is 10.1. The Kier molecular flexibility index (Phi) is 6.83. The van der Waals surface area contributed by atoms with E-state index in [-0.39, 0.29) is 11.4 Å². The number of carbonyl (C=O) groups excluding carboxylic acids is 1. The first-order valence-electron chi connectivity index (χ1n) is 7.21. The van der Waals surface area contributed by atoms with Crippen LogP contribution in [0.5, 0.6) is 0 Å². The Labute approximate surface area is 127 Å². The molecule has 0 fully saturated rings. The van der Waals surface area contributed by atoms with Crippen molar-refractivity contribution in [3.8, 4) is 6.07 Å². The van der Waals surface area contributed by atoms with Gasteiger partial charge >= 0.3 is 0 Å². The quantitative estimate of drug-likeness (QED) is 0.834. The molecule has 1 aromatic heterocycles. The number of hydrogen-bond acceptors (Lipinski definition) is 4. The molecule has 0 atom stereocenters. The fourth-order valence-corrected chi connectivity index (χ4v) is 1.89. The Hall–Kier alpha value is -1.93. The summed E-state index contributed by atoms with van der Waals surface area (Å²) in [5.41, 5.74) is 0.980. The molecular weight excluding hydrogens is 264 g/mol. The molecule has 0 saturated carbocycles. The van der Waals surface area contributed by atoms with E-state index < -0.39 is 0 Å². The monoisotopic (exact) mass is 288 g/mol. The molecule has 1 N–H and O–H groups in total. The summed E-state index contributed by atoms with van der Waals surface area (Å²) in [6.07, 6.45) is 4.24. The molecule has 5 heteroatoms. The van der Waals surface area contributed by atoms with Crippen LogP contribution in [-0.4, -0.2) is 34.4 Å². The molecule has 0 aliphatic carbocycles.